The molecule has 1 aliphatic heterocycles. The van der Waals surface area contributed by atoms with Crippen LogP contribution in [0.5, 0.6) is 5.88 Å². The number of fused-ring (bicyclic) bond motifs is 1. The monoisotopic (exact) mass is 304 g/mol. The van der Waals surface area contributed by atoms with Gasteiger partial charge in [0.15, 0.2) is 0 Å². The maximum absolute atomic E-state index is 9.92. The van der Waals surface area contributed by atoms with Crippen molar-refractivity contribution in [2.24, 2.45) is 0 Å². The Balaban J connectivity index is 1.85. The molecule has 0 fully saturated rings. The Morgan fingerprint density at radius 3 is 2.91 bits per heavy atom. The second-order valence-electron chi connectivity index (χ2n) is 5.26. The number of anilines is 2. The zero-order chi connectivity index (χ0) is 15.7. The van der Waals surface area contributed by atoms with Gasteiger partial charge in [-0.15, -0.1) is 0 Å². The highest BCUT2D eigenvalue weighted by molar-refractivity contribution is 5.46. The molecule has 1 atom stereocenters. The molecule has 0 aliphatic carbocycles. The molecule has 0 bridgehead atoms. The van der Waals surface area contributed by atoms with Gasteiger partial charge < -0.3 is 20.5 Å². The molecule has 0 amide bonds. The normalized spacial score (nSPS) is 15.5. The van der Waals surface area contributed by atoms with Gasteiger partial charge in [-0.3, -0.25) is 4.68 Å². The van der Waals surface area contributed by atoms with Crippen molar-refractivity contribution in [2.45, 2.75) is 32.5 Å². The number of aromatic nitrogens is 4. The first-order chi connectivity index (χ1) is 10.6. The number of ether oxygens (including phenoxy) is 1. The first kappa shape index (κ1) is 14.6. The highest BCUT2D eigenvalue weighted by Crippen LogP contribution is 2.25. The molecule has 0 radical (unpaired) electrons. The number of hydrogen-bond acceptors (Lipinski definition) is 7. The fourth-order valence-electron chi connectivity index (χ4n) is 2.55. The van der Waals surface area contributed by atoms with E-state index in [4.69, 9.17) is 10.5 Å². The van der Waals surface area contributed by atoms with E-state index in [2.05, 4.69) is 20.0 Å². The van der Waals surface area contributed by atoms with Crippen LogP contribution < -0.4 is 15.4 Å². The average molecular weight is 304 g/mol. The molecule has 0 saturated heterocycles. The van der Waals surface area contributed by atoms with Crippen LogP contribution in [0, 0.1) is 0 Å². The molecular formula is C14H20N6O2. The minimum atomic E-state index is -0.513. The minimum Gasteiger partial charge on any atom is -0.481 e. The van der Waals surface area contributed by atoms with Crippen LogP contribution in [0.2, 0.25) is 0 Å². The summed E-state index contributed by atoms with van der Waals surface area (Å²) < 4.78 is 7.07. The Labute approximate surface area is 128 Å². The largest absolute Gasteiger partial charge is 0.481 e. The number of nitrogens with zero attached hydrogens (tertiary/aromatic N) is 5. The summed E-state index contributed by atoms with van der Waals surface area (Å²) in [6, 6.07) is 3.71. The smallest absolute Gasteiger partial charge is 0.225 e. The Morgan fingerprint density at radius 2 is 2.18 bits per heavy atom. The lowest BCUT2D eigenvalue weighted by molar-refractivity contribution is 0.168. The molecule has 8 heteroatoms. The third kappa shape index (κ3) is 2.69. The van der Waals surface area contributed by atoms with E-state index < -0.39 is 6.10 Å². The minimum absolute atomic E-state index is 0.190. The summed E-state index contributed by atoms with van der Waals surface area (Å²) in [6.45, 7) is 4.09. The zero-order valence-corrected chi connectivity index (χ0v) is 12.7. The van der Waals surface area contributed by atoms with Crippen LogP contribution in [0.15, 0.2) is 12.1 Å². The molecule has 3 heterocycles. The van der Waals surface area contributed by atoms with Crippen molar-refractivity contribution in [3.63, 3.8) is 0 Å². The second kappa shape index (κ2) is 5.80. The molecule has 3 N–H and O–H groups in total. The summed E-state index contributed by atoms with van der Waals surface area (Å²) in [5.74, 6) is 1.37. The number of rotatable bonds is 4. The summed E-state index contributed by atoms with van der Waals surface area (Å²) >= 11 is 0. The third-order valence-electron chi connectivity index (χ3n) is 3.78. The Kier molecular flexibility index (Phi) is 3.84. The van der Waals surface area contributed by atoms with E-state index >= 15 is 0 Å². The summed E-state index contributed by atoms with van der Waals surface area (Å²) in [5.41, 5.74) is 7.49. The predicted molar refractivity (Wildman–Crippen MR) is 81.5 cm³/mol. The summed E-state index contributed by atoms with van der Waals surface area (Å²) in [5, 5.41) is 14.4. The topological polar surface area (TPSA) is 102 Å². The number of methoxy groups -OCH3 is 1. The molecular weight excluding hydrogens is 284 g/mol. The molecule has 8 nitrogen and oxygen atoms in total. The molecule has 2 aromatic rings. The van der Waals surface area contributed by atoms with E-state index in [1.54, 1.807) is 13.2 Å². The number of aliphatic hydroxyl groups is 1. The molecule has 0 saturated carbocycles. The highest BCUT2D eigenvalue weighted by Gasteiger charge is 2.22. The van der Waals surface area contributed by atoms with Crippen LogP contribution in [-0.4, -0.2) is 38.5 Å². The van der Waals surface area contributed by atoms with Gasteiger partial charge in [-0.1, -0.05) is 6.92 Å². The maximum Gasteiger partial charge on any atom is 0.225 e. The van der Waals surface area contributed by atoms with Gasteiger partial charge in [0.05, 0.1) is 37.7 Å². The number of aliphatic hydroxyl groups excluding tert-OH is 1. The van der Waals surface area contributed by atoms with Gasteiger partial charge in [0.1, 0.15) is 5.82 Å². The van der Waals surface area contributed by atoms with E-state index in [9.17, 15) is 5.11 Å². The van der Waals surface area contributed by atoms with Crippen molar-refractivity contribution in [3.8, 4) is 5.88 Å². The zero-order valence-electron chi connectivity index (χ0n) is 12.7. The molecule has 1 aliphatic rings. The highest BCUT2D eigenvalue weighted by atomic mass is 16.5. The SMILES string of the molecule is CCC(O)c1cc2n(n1)CCN(c1cc(OC)nc(N)n1)C2. The van der Waals surface area contributed by atoms with Gasteiger partial charge in [-0.25, -0.2) is 0 Å². The van der Waals surface area contributed by atoms with Gasteiger partial charge in [0.2, 0.25) is 11.8 Å². The third-order valence-corrected chi connectivity index (χ3v) is 3.78. The summed E-state index contributed by atoms with van der Waals surface area (Å²) in [4.78, 5) is 10.4. The van der Waals surface area contributed by atoms with Crippen molar-refractivity contribution < 1.29 is 9.84 Å². The standard InChI is InChI=1S/C14H20N6O2/c1-3-11(21)10-6-9-8-19(4-5-20(9)18-10)12-7-13(22-2)17-14(15)16-12/h6-7,11,21H,3-5,8H2,1-2H3,(H2,15,16,17). The van der Waals surface area contributed by atoms with E-state index in [0.29, 0.717) is 18.8 Å². The molecule has 0 spiro atoms. The van der Waals surface area contributed by atoms with E-state index in [0.717, 1.165) is 30.3 Å². The molecule has 118 valence electrons. The van der Waals surface area contributed by atoms with Gasteiger partial charge >= 0.3 is 0 Å². The predicted octanol–water partition coefficient (Wildman–Crippen LogP) is 0.727. The summed E-state index contributed by atoms with van der Waals surface area (Å²) in [6.07, 6.45) is 0.140. The van der Waals surface area contributed by atoms with Gasteiger partial charge in [-0.05, 0) is 12.5 Å². The van der Waals surface area contributed by atoms with E-state index in [1.165, 1.54) is 0 Å². The molecule has 2 aromatic heterocycles. The quantitative estimate of drug-likeness (QED) is 0.858. The number of nitrogens with two attached hydrogens (primary N) is 1. The van der Waals surface area contributed by atoms with Crippen molar-refractivity contribution in [3.05, 3.63) is 23.5 Å². The lowest BCUT2D eigenvalue weighted by Crippen LogP contribution is -2.34. The van der Waals surface area contributed by atoms with Crippen LogP contribution in [0.25, 0.3) is 0 Å². The van der Waals surface area contributed by atoms with Crippen LogP contribution in [0.1, 0.15) is 30.8 Å². The van der Waals surface area contributed by atoms with Gasteiger partial charge in [0.25, 0.3) is 0 Å². The van der Waals surface area contributed by atoms with Crippen LogP contribution >= 0.6 is 0 Å². The lowest BCUT2D eigenvalue weighted by atomic mass is 10.2. The fraction of sp³-hybridized carbons (Fsp3) is 0.500. The van der Waals surface area contributed by atoms with Crippen LogP contribution in [0.4, 0.5) is 11.8 Å². The molecule has 0 aromatic carbocycles. The Hall–Kier alpha value is -2.35. The Morgan fingerprint density at radius 1 is 1.36 bits per heavy atom. The summed E-state index contributed by atoms with van der Waals surface area (Å²) in [7, 11) is 1.55. The van der Waals surface area contributed by atoms with Crippen molar-refractivity contribution in [2.75, 3.05) is 24.3 Å². The van der Waals surface area contributed by atoms with E-state index in [1.807, 2.05) is 17.7 Å². The van der Waals surface area contributed by atoms with E-state index in [-0.39, 0.29) is 5.95 Å². The van der Waals surface area contributed by atoms with Crippen molar-refractivity contribution >= 4 is 11.8 Å². The number of hydrogen-bond donors (Lipinski definition) is 2. The van der Waals surface area contributed by atoms with Gasteiger partial charge in [0, 0.05) is 12.6 Å². The first-order valence-corrected chi connectivity index (χ1v) is 7.29. The molecule has 22 heavy (non-hydrogen) atoms. The first-order valence-electron chi connectivity index (χ1n) is 7.29. The van der Waals surface area contributed by atoms with Crippen molar-refractivity contribution in [1.29, 1.82) is 0 Å². The van der Waals surface area contributed by atoms with Crippen LogP contribution in [-0.2, 0) is 13.1 Å². The van der Waals surface area contributed by atoms with Crippen molar-refractivity contribution in [1.82, 2.24) is 19.7 Å². The fourth-order valence-corrected chi connectivity index (χ4v) is 2.55. The molecule has 1 unspecified atom stereocenters. The van der Waals surface area contributed by atoms with Crippen LogP contribution in [0.3, 0.4) is 0 Å². The second-order valence-corrected chi connectivity index (χ2v) is 5.26. The molecule has 3 rings (SSSR count). The average Bonchev–Trinajstić information content (AvgIpc) is 2.96. The van der Waals surface area contributed by atoms with Gasteiger partial charge in [-0.2, -0.15) is 15.1 Å². The number of nitrogen functional groups attached to an aromatic ring is 1. The lowest BCUT2D eigenvalue weighted by Gasteiger charge is -2.28. The Bertz CT molecular complexity index is 671. The maximum atomic E-state index is 9.92.